The Morgan fingerprint density at radius 3 is 1.53 bits per heavy atom. The maximum absolute atomic E-state index is 12.6. The smallest absolute Gasteiger partial charge is 0.342 e. The fourth-order valence-electron chi connectivity index (χ4n) is 3.69. The number of nitrogens with one attached hydrogen (secondary N) is 4. The van der Waals surface area contributed by atoms with Crippen LogP contribution in [-0.4, -0.2) is 38.8 Å². The second-order valence-corrected chi connectivity index (χ2v) is 8.63. The fourth-order valence-corrected chi connectivity index (χ4v) is 3.69. The third-order valence-corrected chi connectivity index (χ3v) is 5.85. The Kier molecular flexibility index (Phi) is 11.7. The van der Waals surface area contributed by atoms with Crippen molar-refractivity contribution in [2.75, 3.05) is 0 Å². The summed E-state index contributed by atoms with van der Waals surface area (Å²) in [4.78, 5) is 37.5. The van der Waals surface area contributed by atoms with Crippen molar-refractivity contribution in [3.63, 3.8) is 0 Å². The molecule has 0 aliphatic rings. The third-order valence-electron chi connectivity index (χ3n) is 5.85. The maximum atomic E-state index is 12.6. The van der Waals surface area contributed by atoms with Crippen molar-refractivity contribution < 1.29 is 29.7 Å². The molecular formula is C26H36N4O6. The van der Waals surface area contributed by atoms with Crippen LogP contribution in [0.3, 0.4) is 0 Å². The van der Waals surface area contributed by atoms with Crippen LogP contribution < -0.4 is 21.7 Å². The first kappa shape index (κ1) is 28.6. The number of aromatic hydroxyl groups is 2. The monoisotopic (exact) mass is 500 g/mol. The number of phenols is 2. The molecule has 10 nitrogen and oxygen atoms in total. The van der Waals surface area contributed by atoms with Gasteiger partial charge < -0.3 is 15.3 Å². The second-order valence-electron chi connectivity index (χ2n) is 8.63. The number of unbranched alkanes of at least 4 members (excludes halogenated alkanes) is 7. The van der Waals surface area contributed by atoms with Gasteiger partial charge in [-0.25, -0.2) is 15.6 Å². The van der Waals surface area contributed by atoms with Crippen LogP contribution in [0.4, 0.5) is 0 Å². The molecule has 10 heteroatoms. The van der Waals surface area contributed by atoms with Gasteiger partial charge >= 0.3 is 5.97 Å². The average Bonchev–Trinajstić information content (AvgIpc) is 2.87. The number of carboxylic acids is 1. The Labute approximate surface area is 211 Å². The topological polar surface area (TPSA) is 160 Å². The number of carbonyl (C=O) groups excluding carboxylic acids is 2. The second kappa shape index (κ2) is 14.7. The van der Waals surface area contributed by atoms with Crippen LogP contribution in [0.1, 0.15) is 85.4 Å². The minimum atomic E-state index is -1.96. The molecule has 0 atom stereocenters. The minimum absolute atomic E-state index is 0.0272. The van der Waals surface area contributed by atoms with E-state index in [2.05, 4.69) is 28.6 Å². The molecule has 36 heavy (non-hydrogen) atoms. The first-order valence-corrected chi connectivity index (χ1v) is 12.2. The van der Waals surface area contributed by atoms with Gasteiger partial charge in [-0.15, -0.1) is 0 Å². The van der Waals surface area contributed by atoms with Gasteiger partial charge in [0, 0.05) is 0 Å². The first-order valence-electron chi connectivity index (χ1n) is 12.2. The quantitative estimate of drug-likeness (QED) is 0.105. The molecule has 2 aromatic carbocycles. The summed E-state index contributed by atoms with van der Waals surface area (Å²) < 4.78 is 0. The molecule has 0 aliphatic carbocycles. The number of phenolic OH excluding ortho intramolecular Hbond substituents is 2. The van der Waals surface area contributed by atoms with Gasteiger partial charge in [0.15, 0.2) is 0 Å². The van der Waals surface area contributed by atoms with Crippen molar-refractivity contribution in [3.05, 3.63) is 59.7 Å². The van der Waals surface area contributed by atoms with Gasteiger partial charge in [-0.1, -0.05) is 76.1 Å². The summed E-state index contributed by atoms with van der Waals surface area (Å²) >= 11 is 0. The lowest BCUT2D eigenvalue weighted by Gasteiger charge is -2.32. The van der Waals surface area contributed by atoms with Gasteiger partial charge in [0.05, 0.1) is 11.1 Å². The van der Waals surface area contributed by atoms with Crippen molar-refractivity contribution in [3.8, 4) is 11.5 Å². The van der Waals surface area contributed by atoms with E-state index < -0.39 is 23.4 Å². The molecule has 0 bridgehead atoms. The van der Waals surface area contributed by atoms with E-state index in [0.717, 1.165) is 32.1 Å². The third kappa shape index (κ3) is 8.54. The molecule has 7 N–H and O–H groups in total. The Bertz CT molecular complexity index is 952. The number of hydrazine groups is 2. The van der Waals surface area contributed by atoms with Crippen LogP contribution in [0.25, 0.3) is 0 Å². The summed E-state index contributed by atoms with van der Waals surface area (Å²) in [5.41, 5.74) is 7.59. The molecule has 196 valence electrons. The van der Waals surface area contributed by atoms with Crippen LogP contribution >= 0.6 is 0 Å². The van der Waals surface area contributed by atoms with Gasteiger partial charge in [-0.3, -0.25) is 20.4 Å². The molecule has 0 saturated carbocycles. The van der Waals surface area contributed by atoms with Gasteiger partial charge in [0.25, 0.3) is 11.8 Å². The highest BCUT2D eigenvalue weighted by molar-refractivity contribution is 5.97. The molecule has 2 aromatic rings. The Morgan fingerprint density at radius 1 is 0.694 bits per heavy atom. The van der Waals surface area contributed by atoms with E-state index in [-0.39, 0.29) is 29.0 Å². The van der Waals surface area contributed by atoms with Crippen LogP contribution in [0.15, 0.2) is 48.5 Å². The number of hydrogen-bond acceptors (Lipinski definition) is 7. The number of para-hydroxylation sites is 2. The van der Waals surface area contributed by atoms with E-state index in [1.165, 1.54) is 37.1 Å². The summed E-state index contributed by atoms with van der Waals surface area (Å²) in [7, 11) is 0. The predicted octanol–water partition coefficient (Wildman–Crippen LogP) is 3.58. The largest absolute Gasteiger partial charge is 0.507 e. The zero-order valence-corrected chi connectivity index (χ0v) is 20.5. The van der Waals surface area contributed by atoms with E-state index in [0.29, 0.717) is 6.42 Å². The highest BCUT2D eigenvalue weighted by Crippen LogP contribution is 2.18. The van der Waals surface area contributed by atoms with Crippen LogP contribution in [0.2, 0.25) is 0 Å². The SMILES string of the molecule is CCCCCCCCCCC(NNC(=O)c1ccccc1O)(NNC(=O)c1ccccc1O)C(=O)O. The number of carbonyl (C=O) groups is 3. The molecule has 2 amide bonds. The van der Waals surface area contributed by atoms with E-state index in [9.17, 15) is 29.7 Å². The van der Waals surface area contributed by atoms with E-state index in [1.807, 2.05) is 0 Å². The molecule has 0 radical (unpaired) electrons. The number of aliphatic carboxylic acids is 1. The lowest BCUT2D eigenvalue weighted by molar-refractivity contribution is -0.148. The highest BCUT2D eigenvalue weighted by Gasteiger charge is 2.39. The van der Waals surface area contributed by atoms with Crippen LogP contribution in [0, 0.1) is 0 Å². The molecule has 0 heterocycles. The summed E-state index contributed by atoms with van der Waals surface area (Å²) in [6.07, 6.45) is 7.95. The summed E-state index contributed by atoms with van der Waals surface area (Å²) in [5, 5.41) is 29.9. The molecule has 0 aromatic heterocycles. The number of benzene rings is 2. The lowest BCUT2D eigenvalue weighted by atomic mass is 10.0. The molecule has 0 saturated heterocycles. The highest BCUT2D eigenvalue weighted by atomic mass is 16.4. The molecule has 2 rings (SSSR count). The van der Waals surface area contributed by atoms with Gasteiger partial charge in [-0.2, -0.15) is 0 Å². The van der Waals surface area contributed by atoms with Gasteiger partial charge in [0.2, 0.25) is 5.66 Å². The van der Waals surface area contributed by atoms with E-state index in [1.54, 1.807) is 24.3 Å². The Morgan fingerprint density at radius 2 is 1.11 bits per heavy atom. The van der Waals surface area contributed by atoms with Crippen LogP contribution in [-0.2, 0) is 4.79 Å². The van der Waals surface area contributed by atoms with Crippen molar-refractivity contribution in [1.82, 2.24) is 21.7 Å². The van der Waals surface area contributed by atoms with Crippen molar-refractivity contribution in [2.24, 2.45) is 0 Å². The number of amides is 2. The number of hydrogen-bond donors (Lipinski definition) is 7. The normalized spacial score (nSPS) is 11.1. The minimum Gasteiger partial charge on any atom is -0.507 e. The maximum Gasteiger partial charge on any atom is 0.342 e. The molecule has 0 unspecified atom stereocenters. The zero-order valence-electron chi connectivity index (χ0n) is 20.5. The Balaban J connectivity index is 2.08. The number of rotatable bonds is 16. The molecule has 0 spiro atoms. The Hall–Kier alpha value is -3.63. The molecule has 0 aliphatic heterocycles. The van der Waals surface area contributed by atoms with E-state index in [4.69, 9.17) is 0 Å². The summed E-state index contributed by atoms with van der Waals surface area (Å²) in [6, 6.07) is 11.7. The standard InChI is InChI=1S/C26H36N4O6/c1-2-3-4-5-6-7-8-13-18-26(25(35)36,29-27-23(33)19-14-9-11-16-21(19)31)30-28-24(34)20-15-10-12-17-22(20)32/h9-12,14-17,29-32H,2-8,13,18H2,1H3,(H,27,33)(H,28,34)(H,35,36). The molecular weight excluding hydrogens is 464 g/mol. The van der Waals surface area contributed by atoms with Crippen molar-refractivity contribution >= 4 is 17.8 Å². The summed E-state index contributed by atoms with van der Waals surface area (Å²) in [6.45, 7) is 2.15. The molecule has 0 fully saturated rings. The summed E-state index contributed by atoms with van der Waals surface area (Å²) in [5.74, 6) is -3.38. The van der Waals surface area contributed by atoms with Crippen molar-refractivity contribution in [1.29, 1.82) is 0 Å². The zero-order chi connectivity index (χ0) is 26.4. The first-order chi connectivity index (χ1) is 17.3. The lowest BCUT2D eigenvalue weighted by Crippen LogP contribution is -2.70. The van der Waals surface area contributed by atoms with Crippen molar-refractivity contribution in [2.45, 2.75) is 70.4 Å². The fraction of sp³-hybridized carbons (Fsp3) is 0.423. The number of carboxylic acid groups (broad SMARTS) is 1. The van der Waals surface area contributed by atoms with Gasteiger partial charge in [-0.05, 0) is 37.1 Å². The van der Waals surface area contributed by atoms with Gasteiger partial charge in [0.1, 0.15) is 11.5 Å². The average molecular weight is 501 g/mol. The van der Waals surface area contributed by atoms with E-state index >= 15 is 0 Å². The van der Waals surface area contributed by atoms with Crippen LogP contribution in [0.5, 0.6) is 11.5 Å². The predicted molar refractivity (Wildman–Crippen MR) is 135 cm³/mol.